The number of nitrogens with one attached hydrogen (secondary N) is 1. The lowest BCUT2D eigenvalue weighted by Gasteiger charge is -2.02. The van der Waals surface area contributed by atoms with Gasteiger partial charge in [0.15, 0.2) is 0 Å². The SMILES string of the molecule is Nc1cc2cc[nH]c2c2ccccc12. The van der Waals surface area contributed by atoms with E-state index >= 15 is 0 Å². The lowest BCUT2D eigenvalue weighted by Crippen LogP contribution is -1.86. The van der Waals surface area contributed by atoms with Gasteiger partial charge in [-0.05, 0) is 12.1 Å². The van der Waals surface area contributed by atoms with Crippen molar-refractivity contribution >= 4 is 27.4 Å². The maximum absolute atomic E-state index is 5.97. The second kappa shape index (κ2) is 2.51. The van der Waals surface area contributed by atoms with Gasteiger partial charge < -0.3 is 10.7 Å². The third kappa shape index (κ3) is 0.852. The van der Waals surface area contributed by atoms with Crippen molar-refractivity contribution < 1.29 is 0 Å². The molecule has 2 nitrogen and oxygen atoms in total. The van der Waals surface area contributed by atoms with E-state index in [9.17, 15) is 0 Å². The molecule has 3 N–H and O–H groups in total. The van der Waals surface area contributed by atoms with Crippen molar-refractivity contribution in [2.24, 2.45) is 0 Å². The zero-order valence-electron chi connectivity index (χ0n) is 7.62. The molecule has 0 aliphatic heterocycles. The molecule has 68 valence electrons. The summed E-state index contributed by atoms with van der Waals surface area (Å²) in [4.78, 5) is 3.23. The van der Waals surface area contributed by atoms with Crippen LogP contribution in [-0.4, -0.2) is 4.98 Å². The highest BCUT2D eigenvalue weighted by Crippen LogP contribution is 2.28. The fourth-order valence-electron chi connectivity index (χ4n) is 1.93. The summed E-state index contributed by atoms with van der Waals surface area (Å²) in [5.41, 5.74) is 7.97. The van der Waals surface area contributed by atoms with E-state index in [2.05, 4.69) is 11.1 Å². The molecule has 0 amide bonds. The van der Waals surface area contributed by atoms with Crippen LogP contribution in [0.5, 0.6) is 0 Å². The minimum atomic E-state index is 0.840. The molecule has 0 atom stereocenters. The Hall–Kier alpha value is -1.96. The summed E-state index contributed by atoms with van der Waals surface area (Å²) < 4.78 is 0. The number of nitrogen functional groups attached to an aromatic ring is 1. The number of H-pyrrole nitrogens is 1. The first-order chi connectivity index (χ1) is 6.86. The number of hydrogen-bond acceptors (Lipinski definition) is 1. The maximum atomic E-state index is 5.97. The Morgan fingerprint density at radius 1 is 1.00 bits per heavy atom. The highest BCUT2D eigenvalue weighted by Gasteiger charge is 2.03. The van der Waals surface area contributed by atoms with Gasteiger partial charge in [0.2, 0.25) is 0 Å². The molecular weight excluding hydrogens is 172 g/mol. The van der Waals surface area contributed by atoms with Crippen molar-refractivity contribution in [1.29, 1.82) is 0 Å². The van der Waals surface area contributed by atoms with Gasteiger partial charge in [-0.3, -0.25) is 0 Å². The normalized spacial score (nSPS) is 11.1. The van der Waals surface area contributed by atoms with Crippen LogP contribution in [0.15, 0.2) is 42.6 Å². The van der Waals surface area contributed by atoms with Crippen molar-refractivity contribution in [3.8, 4) is 0 Å². The number of benzene rings is 2. The molecule has 0 spiro atoms. The van der Waals surface area contributed by atoms with Crippen LogP contribution in [0.1, 0.15) is 0 Å². The Morgan fingerprint density at radius 2 is 1.79 bits per heavy atom. The van der Waals surface area contributed by atoms with Crippen LogP contribution in [-0.2, 0) is 0 Å². The largest absolute Gasteiger partial charge is 0.398 e. The fraction of sp³-hybridized carbons (Fsp3) is 0. The predicted octanol–water partition coefficient (Wildman–Crippen LogP) is 2.90. The van der Waals surface area contributed by atoms with E-state index in [0.717, 1.165) is 16.6 Å². The topological polar surface area (TPSA) is 41.8 Å². The van der Waals surface area contributed by atoms with Crippen molar-refractivity contribution in [3.63, 3.8) is 0 Å². The van der Waals surface area contributed by atoms with E-state index in [1.807, 2.05) is 36.5 Å². The molecule has 2 heteroatoms. The molecule has 0 aliphatic carbocycles. The summed E-state index contributed by atoms with van der Waals surface area (Å²) in [5.74, 6) is 0. The molecule has 2 aromatic carbocycles. The predicted molar refractivity (Wildman–Crippen MR) is 60.2 cm³/mol. The molecule has 0 saturated heterocycles. The summed E-state index contributed by atoms with van der Waals surface area (Å²) in [7, 11) is 0. The van der Waals surface area contributed by atoms with Gasteiger partial charge in [-0.2, -0.15) is 0 Å². The number of aromatic nitrogens is 1. The summed E-state index contributed by atoms with van der Waals surface area (Å²) >= 11 is 0. The monoisotopic (exact) mass is 182 g/mol. The summed E-state index contributed by atoms with van der Waals surface area (Å²) in [6, 6.07) is 12.2. The number of rotatable bonds is 0. The second-order valence-corrected chi connectivity index (χ2v) is 3.45. The van der Waals surface area contributed by atoms with Crippen LogP contribution >= 0.6 is 0 Å². The molecule has 0 fully saturated rings. The van der Waals surface area contributed by atoms with Crippen LogP contribution in [0.3, 0.4) is 0 Å². The molecule has 3 rings (SSSR count). The van der Waals surface area contributed by atoms with Gasteiger partial charge >= 0.3 is 0 Å². The molecule has 0 radical (unpaired) electrons. The van der Waals surface area contributed by atoms with Gasteiger partial charge in [0.1, 0.15) is 0 Å². The Bertz CT molecular complexity index is 608. The lowest BCUT2D eigenvalue weighted by molar-refractivity contribution is 1.49. The van der Waals surface area contributed by atoms with Crippen LogP contribution < -0.4 is 5.73 Å². The second-order valence-electron chi connectivity index (χ2n) is 3.45. The van der Waals surface area contributed by atoms with Crippen LogP contribution in [0.2, 0.25) is 0 Å². The summed E-state index contributed by atoms with van der Waals surface area (Å²) in [6.07, 6.45) is 1.94. The lowest BCUT2D eigenvalue weighted by atomic mass is 10.1. The van der Waals surface area contributed by atoms with E-state index in [0.29, 0.717) is 0 Å². The van der Waals surface area contributed by atoms with Gasteiger partial charge in [-0.25, -0.2) is 0 Å². The first-order valence-corrected chi connectivity index (χ1v) is 4.60. The van der Waals surface area contributed by atoms with Crippen molar-refractivity contribution in [2.45, 2.75) is 0 Å². The number of fused-ring (bicyclic) bond motifs is 3. The number of aromatic amines is 1. The Morgan fingerprint density at radius 3 is 2.64 bits per heavy atom. The fourth-order valence-corrected chi connectivity index (χ4v) is 1.93. The Balaban J connectivity index is 2.67. The Labute approximate surface area is 81.3 Å². The average Bonchev–Trinajstić information content (AvgIpc) is 2.66. The quantitative estimate of drug-likeness (QED) is 0.516. The van der Waals surface area contributed by atoms with Crippen LogP contribution in [0.25, 0.3) is 21.7 Å². The first kappa shape index (κ1) is 7.44. The summed E-state index contributed by atoms with van der Waals surface area (Å²) in [6.45, 7) is 0. The smallest absolute Gasteiger partial charge is 0.0535 e. The molecule has 1 heterocycles. The Kier molecular flexibility index (Phi) is 1.34. The van der Waals surface area contributed by atoms with Crippen molar-refractivity contribution in [1.82, 2.24) is 4.98 Å². The van der Waals surface area contributed by atoms with Gasteiger partial charge in [-0.15, -0.1) is 0 Å². The third-order valence-electron chi connectivity index (χ3n) is 2.60. The van der Waals surface area contributed by atoms with Crippen molar-refractivity contribution in [3.05, 3.63) is 42.6 Å². The van der Waals surface area contributed by atoms with E-state index in [-0.39, 0.29) is 0 Å². The third-order valence-corrected chi connectivity index (χ3v) is 2.60. The van der Waals surface area contributed by atoms with Crippen molar-refractivity contribution in [2.75, 3.05) is 5.73 Å². The average molecular weight is 182 g/mol. The van der Waals surface area contributed by atoms with E-state index in [1.54, 1.807) is 0 Å². The molecule has 3 aromatic rings. The zero-order valence-corrected chi connectivity index (χ0v) is 7.62. The van der Waals surface area contributed by atoms with E-state index < -0.39 is 0 Å². The van der Waals surface area contributed by atoms with E-state index in [4.69, 9.17) is 5.73 Å². The molecule has 0 unspecified atom stereocenters. The molecule has 14 heavy (non-hydrogen) atoms. The molecule has 0 bridgehead atoms. The standard InChI is InChI=1S/C12H10N2/c13-11-7-8-5-6-14-12(8)10-4-2-1-3-9(10)11/h1-7,14H,13H2. The minimum Gasteiger partial charge on any atom is -0.398 e. The summed E-state index contributed by atoms with van der Waals surface area (Å²) in [5, 5.41) is 3.47. The number of hydrogen-bond donors (Lipinski definition) is 2. The maximum Gasteiger partial charge on any atom is 0.0535 e. The van der Waals surface area contributed by atoms with Gasteiger partial charge in [0.25, 0.3) is 0 Å². The highest BCUT2D eigenvalue weighted by atomic mass is 14.7. The van der Waals surface area contributed by atoms with Crippen LogP contribution in [0, 0.1) is 0 Å². The van der Waals surface area contributed by atoms with E-state index in [1.165, 1.54) is 10.8 Å². The molecule has 1 aromatic heterocycles. The van der Waals surface area contributed by atoms with Gasteiger partial charge in [0.05, 0.1) is 5.52 Å². The van der Waals surface area contributed by atoms with Gasteiger partial charge in [-0.1, -0.05) is 24.3 Å². The molecule has 0 saturated carbocycles. The minimum absolute atomic E-state index is 0.840. The van der Waals surface area contributed by atoms with Crippen LogP contribution in [0.4, 0.5) is 5.69 Å². The zero-order chi connectivity index (χ0) is 9.54. The van der Waals surface area contributed by atoms with Gasteiger partial charge in [0, 0.05) is 28.0 Å². The number of anilines is 1. The molecular formula is C12H10N2. The first-order valence-electron chi connectivity index (χ1n) is 4.60. The highest BCUT2D eigenvalue weighted by molar-refractivity contribution is 6.10. The molecule has 0 aliphatic rings. The number of nitrogens with two attached hydrogens (primary N) is 1.